The molecule has 0 amide bonds. The number of thioether (sulfide) groups is 1. The van der Waals surface area contributed by atoms with Gasteiger partial charge in [0.2, 0.25) is 5.52 Å². The maximum absolute atomic E-state index is 2.51. The molecule has 2 heterocycles. The van der Waals surface area contributed by atoms with E-state index in [1.54, 1.807) is 0 Å². The van der Waals surface area contributed by atoms with Gasteiger partial charge in [-0.1, -0.05) is 97.6 Å². The van der Waals surface area contributed by atoms with Gasteiger partial charge in [0.15, 0.2) is 0 Å². The zero-order chi connectivity index (χ0) is 27.4. The lowest BCUT2D eigenvalue weighted by Gasteiger charge is -2.31. The van der Waals surface area contributed by atoms with Gasteiger partial charge in [-0.05, 0) is 78.3 Å². The fourth-order valence-corrected chi connectivity index (χ4v) is 9.04. The lowest BCUT2D eigenvalue weighted by molar-refractivity contribution is -0.664. The number of anilines is 1. The van der Waals surface area contributed by atoms with Gasteiger partial charge in [0.25, 0.3) is 5.01 Å². The molecule has 0 bridgehead atoms. The molecule has 7 rings (SSSR count). The maximum atomic E-state index is 2.51. The van der Waals surface area contributed by atoms with Crippen molar-refractivity contribution in [1.29, 1.82) is 0 Å². The first-order valence-corrected chi connectivity index (χ1v) is 16.0. The minimum Gasteiger partial charge on any atom is -0.335 e. The highest BCUT2D eigenvalue weighted by atomic mass is 32.2. The minimum atomic E-state index is 0.216. The standard InChI is InChI=1S/C36H35N2S2/c1-5-37-32(39-30-17-15-26-11-7-9-13-28(26)34(30)37)20-24-19-25(23-36(3,4)22-24)21-33-38(6-2)35-29-14-10-8-12-27(29)16-18-31(35)40-33/h7-21H,5-6,22-23H2,1-4H3/q+1. The van der Waals surface area contributed by atoms with E-state index in [1.807, 2.05) is 23.1 Å². The number of fused-ring (bicyclic) bond motifs is 6. The van der Waals surface area contributed by atoms with Crippen molar-refractivity contribution in [3.63, 3.8) is 0 Å². The van der Waals surface area contributed by atoms with Crippen molar-refractivity contribution < 1.29 is 4.57 Å². The fourth-order valence-electron chi connectivity index (χ4n) is 6.60. The molecule has 1 aliphatic heterocycles. The van der Waals surface area contributed by atoms with Gasteiger partial charge in [0, 0.05) is 22.9 Å². The van der Waals surface area contributed by atoms with Gasteiger partial charge in [0.05, 0.1) is 16.1 Å². The maximum Gasteiger partial charge on any atom is 0.263 e. The summed E-state index contributed by atoms with van der Waals surface area (Å²) in [6.07, 6.45) is 9.58. The molecule has 4 heteroatoms. The number of nitrogens with zero attached hydrogens (tertiary/aromatic N) is 2. The van der Waals surface area contributed by atoms with Crippen LogP contribution in [-0.4, -0.2) is 6.54 Å². The largest absolute Gasteiger partial charge is 0.335 e. The Morgan fingerprint density at radius 1 is 0.850 bits per heavy atom. The van der Waals surface area contributed by atoms with Crippen molar-refractivity contribution in [2.75, 3.05) is 11.4 Å². The first-order chi connectivity index (χ1) is 19.4. The smallest absolute Gasteiger partial charge is 0.263 e. The van der Waals surface area contributed by atoms with E-state index < -0.39 is 0 Å². The molecule has 1 aromatic heterocycles. The summed E-state index contributed by atoms with van der Waals surface area (Å²) in [6.45, 7) is 11.3. The predicted octanol–water partition coefficient (Wildman–Crippen LogP) is 10.1. The molecule has 0 saturated heterocycles. The molecular weight excluding hydrogens is 525 g/mol. The summed E-state index contributed by atoms with van der Waals surface area (Å²) in [7, 11) is 0. The topological polar surface area (TPSA) is 7.12 Å². The summed E-state index contributed by atoms with van der Waals surface area (Å²) in [5.41, 5.74) is 5.80. The molecule has 200 valence electrons. The zero-order valence-electron chi connectivity index (χ0n) is 23.7. The van der Waals surface area contributed by atoms with E-state index in [2.05, 4.69) is 128 Å². The normalized spacial score (nSPS) is 18.8. The van der Waals surface area contributed by atoms with Gasteiger partial charge in [-0.2, -0.15) is 4.57 Å². The van der Waals surface area contributed by atoms with E-state index in [0.29, 0.717) is 0 Å². The molecule has 4 aromatic carbocycles. The van der Waals surface area contributed by atoms with Crippen LogP contribution in [0.2, 0.25) is 0 Å². The lowest BCUT2D eigenvalue weighted by Crippen LogP contribution is -2.33. The van der Waals surface area contributed by atoms with Crippen molar-refractivity contribution in [3.05, 3.63) is 106 Å². The Morgan fingerprint density at radius 3 is 2.35 bits per heavy atom. The first kappa shape index (κ1) is 25.6. The zero-order valence-corrected chi connectivity index (χ0v) is 25.3. The third-order valence-corrected chi connectivity index (χ3v) is 10.4. The third-order valence-electron chi connectivity index (χ3n) is 8.21. The molecule has 40 heavy (non-hydrogen) atoms. The number of hydrogen-bond donors (Lipinski definition) is 0. The lowest BCUT2D eigenvalue weighted by atomic mass is 9.75. The predicted molar refractivity (Wildman–Crippen MR) is 175 cm³/mol. The Kier molecular flexibility index (Phi) is 6.36. The van der Waals surface area contributed by atoms with Crippen LogP contribution in [0.3, 0.4) is 0 Å². The van der Waals surface area contributed by atoms with Crippen molar-refractivity contribution in [2.24, 2.45) is 5.41 Å². The van der Waals surface area contributed by atoms with Crippen molar-refractivity contribution in [2.45, 2.75) is 52.0 Å². The van der Waals surface area contributed by atoms with Crippen molar-refractivity contribution >= 4 is 66.6 Å². The van der Waals surface area contributed by atoms with Gasteiger partial charge in [0.1, 0.15) is 11.2 Å². The van der Waals surface area contributed by atoms with Crippen LogP contribution in [-0.2, 0) is 6.54 Å². The minimum absolute atomic E-state index is 0.216. The van der Waals surface area contributed by atoms with Crippen LogP contribution in [0.1, 0.15) is 45.5 Å². The van der Waals surface area contributed by atoms with E-state index in [1.165, 1.54) is 63.5 Å². The van der Waals surface area contributed by atoms with Crippen molar-refractivity contribution in [3.8, 4) is 0 Å². The van der Waals surface area contributed by atoms with Crippen LogP contribution in [0.15, 0.2) is 106 Å². The number of thiazole rings is 1. The summed E-state index contributed by atoms with van der Waals surface area (Å²) in [5, 5.41) is 7.99. The van der Waals surface area contributed by atoms with Gasteiger partial charge in [-0.3, -0.25) is 0 Å². The summed E-state index contributed by atoms with van der Waals surface area (Å²) < 4.78 is 3.87. The van der Waals surface area contributed by atoms with Crippen LogP contribution >= 0.6 is 23.1 Å². The molecule has 0 fully saturated rings. The molecule has 0 unspecified atom stereocenters. The van der Waals surface area contributed by atoms with Gasteiger partial charge < -0.3 is 4.90 Å². The van der Waals surface area contributed by atoms with Gasteiger partial charge in [-0.15, -0.1) is 0 Å². The Bertz CT molecular complexity index is 1890. The van der Waals surface area contributed by atoms with Crippen molar-refractivity contribution in [1.82, 2.24) is 0 Å². The summed E-state index contributed by atoms with van der Waals surface area (Å²) >= 11 is 3.84. The second-order valence-electron chi connectivity index (χ2n) is 11.7. The molecule has 5 aromatic rings. The highest BCUT2D eigenvalue weighted by Gasteiger charge is 2.30. The second-order valence-corrected chi connectivity index (χ2v) is 13.9. The highest BCUT2D eigenvalue weighted by molar-refractivity contribution is 8.03. The Labute approximate surface area is 245 Å². The fraction of sp³-hybridized carbons (Fsp3) is 0.250. The Morgan fingerprint density at radius 2 is 1.57 bits per heavy atom. The highest BCUT2D eigenvalue weighted by Crippen LogP contribution is 2.50. The Balaban J connectivity index is 1.31. The third kappa shape index (κ3) is 4.38. The monoisotopic (exact) mass is 559 g/mol. The summed E-state index contributed by atoms with van der Waals surface area (Å²) in [4.78, 5) is 3.87. The van der Waals surface area contributed by atoms with E-state index in [-0.39, 0.29) is 5.41 Å². The van der Waals surface area contributed by atoms with Crippen LogP contribution in [0.4, 0.5) is 5.69 Å². The Hall–Kier alpha value is -3.34. The van der Waals surface area contributed by atoms with Crippen LogP contribution in [0.5, 0.6) is 0 Å². The molecule has 1 aliphatic carbocycles. The summed E-state index contributed by atoms with van der Waals surface area (Å²) in [6, 6.07) is 26.7. The van der Waals surface area contributed by atoms with Crippen LogP contribution in [0.25, 0.3) is 37.8 Å². The molecule has 2 aliphatic rings. The molecule has 0 saturated carbocycles. The average Bonchev–Trinajstić information content (AvgIpc) is 3.49. The number of aromatic nitrogens is 1. The van der Waals surface area contributed by atoms with E-state index >= 15 is 0 Å². The summed E-state index contributed by atoms with van der Waals surface area (Å²) in [5.74, 6) is 0. The average molecular weight is 560 g/mol. The number of benzene rings is 4. The SMILES string of the molecule is CCN1C(=CC2=CC(=Cc3sc4ccc5ccccc5c4[n+]3CC)CC(C)(C)C2)Sc2ccc3ccccc3c21. The molecular formula is C36H35N2S2+. The number of rotatable bonds is 4. The quantitative estimate of drug-likeness (QED) is 0.202. The molecule has 0 radical (unpaired) electrons. The molecule has 0 spiro atoms. The van der Waals surface area contributed by atoms with Crippen LogP contribution in [0, 0.1) is 5.41 Å². The second kappa shape index (κ2) is 9.94. The van der Waals surface area contributed by atoms with E-state index in [0.717, 1.165) is 25.9 Å². The van der Waals surface area contributed by atoms with Gasteiger partial charge >= 0.3 is 0 Å². The molecule has 2 nitrogen and oxygen atoms in total. The van der Waals surface area contributed by atoms with Crippen LogP contribution < -0.4 is 9.47 Å². The first-order valence-electron chi connectivity index (χ1n) is 14.4. The number of hydrogen-bond acceptors (Lipinski definition) is 3. The molecule has 0 N–H and O–H groups in total. The van der Waals surface area contributed by atoms with E-state index in [4.69, 9.17) is 0 Å². The molecule has 0 atom stereocenters. The number of aryl methyl sites for hydroxylation is 1. The number of allylic oxidation sites excluding steroid dienone is 4. The van der Waals surface area contributed by atoms with E-state index in [9.17, 15) is 0 Å². The van der Waals surface area contributed by atoms with Gasteiger partial charge in [-0.25, -0.2) is 0 Å².